The molecule has 0 bridgehead atoms. The van der Waals surface area contributed by atoms with Gasteiger partial charge in [-0.15, -0.1) is 5.10 Å². The second kappa shape index (κ2) is 10.0. The van der Waals surface area contributed by atoms with Crippen molar-refractivity contribution in [2.24, 2.45) is 0 Å². The van der Waals surface area contributed by atoms with Gasteiger partial charge in [-0.25, -0.2) is 4.68 Å². The van der Waals surface area contributed by atoms with Crippen molar-refractivity contribution >= 4 is 28.5 Å². The Balaban J connectivity index is 1.79. The molecule has 8 heteroatoms. The van der Waals surface area contributed by atoms with E-state index in [0.29, 0.717) is 16.8 Å². The maximum atomic E-state index is 13.9. The van der Waals surface area contributed by atoms with Gasteiger partial charge in [-0.1, -0.05) is 42.0 Å². The van der Waals surface area contributed by atoms with Gasteiger partial charge in [0.25, 0.3) is 0 Å². The number of nitrogens with one attached hydrogen (secondary N) is 1. The minimum atomic E-state index is -0.895. The summed E-state index contributed by atoms with van der Waals surface area (Å²) in [5.74, 6) is -0.545. The lowest BCUT2D eigenvalue weighted by atomic mass is 9.98. The van der Waals surface area contributed by atoms with Crippen LogP contribution in [0.2, 0.25) is 0 Å². The molecule has 35 heavy (non-hydrogen) atoms. The number of carbonyl (C=O) groups is 2. The number of fused-ring (bicyclic) bond motifs is 1. The van der Waals surface area contributed by atoms with Gasteiger partial charge in [0.15, 0.2) is 0 Å². The maximum Gasteiger partial charge on any atom is 0.249 e. The lowest BCUT2D eigenvalue weighted by Crippen LogP contribution is -2.51. The van der Waals surface area contributed by atoms with Crippen LogP contribution in [0.3, 0.4) is 0 Å². The van der Waals surface area contributed by atoms with Gasteiger partial charge in [-0.2, -0.15) is 0 Å². The predicted molar refractivity (Wildman–Crippen MR) is 136 cm³/mol. The van der Waals surface area contributed by atoms with Crippen molar-refractivity contribution in [1.82, 2.24) is 25.3 Å². The third-order valence-electron chi connectivity index (χ3n) is 6.16. The molecule has 0 aliphatic carbocycles. The summed E-state index contributed by atoms with van der Waals surface area (Å²) in [5.41, 5.74) is 3.36. The first kappa shape index (κ1) is 24.1. The van der Waals surface area contributed by atoms with E-state index in [1.165, 1.54) is 0 Å². The van der Waals surface area contributed by atoms with Gasteiger partial charge in [0.05, 0.1) is 5.52 Å². The molecule has 4 aromatic rings. The smallest absolute Gasteiger partial charge is 0.249 e. The molecular formula is C27H30N6O2. The summed E-state index contributed by atoms with van der Waals surface area (Å²) in [4.78, 5) is 33.3. The number of hydrogen-bond acceptors (Lipinski definition) is 5. The molecule has 0 fully saturated rings. The number of nitrogens with zero attached hydrogens (tertiary/aromatic N) is 5. The minimum Gasteiger partial charge on any atom is -0.349 e. The largest absolute Gasteiger partial charge is 0.349 e. The SMILES string of the molecule is CCC(C)(C)NC(=O)[C@@H](c1ccncc1)N(C(=O)Cn1nnc2ccccc21)c1ccc(C)cc1. The van der Waals surface area contributed by atoms with Crippen LogP contribution >= 0.6 is 0 Å². The molecule has 180 valence electrons. The average Bonchev–Trinajstić information content (AvgIpc) is 3.26. The van der Waals surface area contributed by atoms with Crippen LogP contribution in [0.5, 0.6) is 0 Å². The monoisotopic (exact) mass is 470 g/mol. The number of rotatable bonds is 8. The molecule has 2 aromatic heterocycles. The third kappa shape index (κ3) is 5.37. The fourth-order valence-corrected chi connectivity index (χ4v) is 3.83. The van der Waals surface area contributed by atoms with Crippen molar-refractivity contribution in [2.75, 3.05) is 4.90 Å². The summed E-state index contributed by atoms with van der Waals surface area (Å²) in [7, 11) is 0. The van der Waals surface area contributed by atoms with Crippen LogP contribution in [-0.4, -0.2) is 37.3 Å². The number of aromatic nitrogens is 4. The lowest BCUT2D eigenvalue weighted by molar-refractivity contribution is -0.128. The molecule has 0 radical (unpaired) electrons. The first-order valence-corrected chi connectivity index (χ1v) is 11.7. The molecule has 0 unspecified atom stereocenters. The number of aryl methyl sites for hydroxylation is 1. The summed E-state index contributed by atoms with van der Waals surface area (Å²) in [6, 6.07) is 17.7. The highest BCUT2D eigenvalue weighted by Gasteiger charge is 2.35. The van der Waals surface area contributed by atoms with E-state index in [1.807, 2.05) is 76.2 Å². The molecule has 4 rings (SSSR count). The van der Waals surface area contributed by atoms with Gasteiger partial charge in [-0.05, 0) is 69.2 Å². The van der Waals surface area contributed by atoms with Gasteiger partial charge in [0.2, 0.25) is 11.8 Å². The Bertz CT molecular complexity index is 1310. The zero-order valence-electron chi connectivity index (χ0n) is 20.5. The Morgan fingerprint density at radius 3 is 2.40 bits per heavy atom. The topological polar surface area (TPSA) is 93.0 Å². The maximum absolute atomic E-state index is 13.9. The molecule has 0 saturated heterocycles. The Kier molecular flexibility index (Phi) is 6.91. The summed E-state index contributed by atoms with van der Waals surface area (Å²) >= 11 is 0. The number of amides is 2. The van der Waals surface area contributed by atoms with Crippen LogP contribution in [0.1, 0.15) is 44.4 Å². The Morgan fingerprint density at radius 1 is 1.03 bits per heavy atom. The van der Waals surface area contributed by atoms with E-state index in [0.717, 1.165) is 17.5 Å². The van der Waals surface area contributed by atoms with Crippen molar-refractivity contribution in [2.45, 2.75) is 52.2 Å². The molecule has 2 heterocycles. The normalized spacial score (nSPS) is 12.3. The van der Waals surface area contributed by atoms with Crippen LogP contribution in [-0.2, 0) is 16.1 Å². The van der Waals surface area contributed by atoms with Crippen LogP contribution in [0, 0.1) is 6.92 Å². The number of carbonyl (C=O) groups excluding carboxylic acids is 2. The summed E-state index contributed by atoms with van der Waals surface area (Å²) in [5, 5.41) is 11.5. The molecule has 0 spiro atoms. The van der Waals surface area contributed by atoms with Crippen LogP contribution in [0.25, 0.3) is 11.0 Å². The average molecular weight is 471 g/mol. The van der Waals surface area contributed by atoms with E-state index in [2.05, 4.69) is 20.6 Å². The number of hydrogen-bond donors (Lipinski definition) is 1. The summed E-state index contributed by atoms with van der Waals surface area (Å²) in [6.45, 7) is 7.86. The zero-order valence-corrected chi connectivity index (χ0v) is 20.5. The van der Waals surface area contributed by atoms with E-state index in [-0.39, 0.29) is 18.4 Å². The van der Waals surface area contributed by atoms with Crippen molar-refractivity contribution in [3.05, 3.63) is 84.2 Å². The predicted octanol–water partition coefficient (Wildman–Crippen LogP) is 4.21. The quantitative estimate of drug-likeness (QED) is 0.416. The fourth-order valence-electron chi connectivity index (χ4n) is 3.83. The van der Waals surface area contributed by atoms with Crippen LogP contribution in [0.4, 0.5) is 5.69 Å². The first-order chi connectivity index (χ1) is 16.8. The van der Waals surface area contributed by atoms with E-state index >= 15 is 0 Å². The highest BCUT2D eigenvalue weighted by atomic mass is 16.2. The zero-order chi connectivity index (χ0) is 25.0. The summed E-state index contributed by atoms with van der Waals surface area (Å²) < 4.78 is 1.57. The fraction of sp³-hybridized carbons (Fsp3) is 0.296. The molecule has 0 saturated carbocycles. The molecule has 2 aromatic carbocycles. The summed E-state index contributed by atoms with van der Waals surface area (Å²) in [6.07, 6.45) is 4.00. The van der Waals surface area contributed by atoms with Crippen LogP contribution in [0.15, 0.2) is 73.1 Å². The molecule has 1 N–H and O–H groups in total. The van der Waals surface area contributed by atoms with Gasteiger partial charge in [0, 0.05) is 23.6 Å². The molecule has 0 aliphatic heterocycles. The Morgan fingerprint density at radius 2 is 1.71 bits per heavy atom. The number of benzene rings is 2. The van der Waals surface area contributed by atoms with E-state index in [1.54, 1.807) is 34.1 Å². The first-order valence-electron chi connectivity index (χ1n) is 11.7. The molecule has 2 amide bonds. The molecular weight excluding hydrogens is 440 g/mol. The van der Waals surface area contributed by atoms with Gasteiger partial charge in [0.1, 0.15) is 18.1 Å². The van der Waals surface area contributed by atoms with Crippen molar-refractivity contribution in [3.63, 3.8) is 0 Å². The van der Waals surface area contributed by atoms with Crippen molar-refractivity contribution in [3.8, 4) is 0 Å². The van der Waals surface area contributed by atoms with Gasteiger partial charge < -0.3 is 5.32 Å². The molecule has 8 nitrogen and oxygen atoms in total. The highest BCUT2D eigenvalue weighted by molar-refractivity contribution is 6.01. The minimum absolute atomic E-state index is 0.0690. The van der Waals surface area contributed by atoms with E-state index in [9.17, 15) is 9.59 Å². The van der Waals surface area contributed by atoms with Crippen LogP contribution < -0.4 is 10.2 Å². The standard InChI is InChI=1S/C27H30N6O2/c1-5-27(3,4)29-26(35)25(20-14-16-28-17-15-20)33(21-12-10-19(2)11-13-21)24(34)18-32-23-9-7-6-8-22(23)30-31-32/h6-17,25H,5,18H2,1-4H3,(H,29,35)/t25-/m1/s1. The second-order valence-corrected chi connectivity index (χ2v) is 9.24. The number of para-hydroxylation sites is 1. The second-order valence-electron chi connectivity index (χ2n) is 9.24. The van der Waals surface area contributed by atoms with E-state index < -0.39 is 11.6 Å². The van der Waals surface area contributed by atoms with Crippen molar-refractivity contribution < 1.29 is 9.59 Å². The van der Waals surface area contributed by atoms with Gasteiger partial charge in [-0.3, -0.25) is 19.5 Å². The number of pyridine rings is 1. The Labute approximate surface area is 205 Å². The number of anilines is 1. The molecule has 1 atom stereocenters. The van der Waals surface area contributed by atoms with Crippen molar-refractivity contribution in [1.29, 1.82) is 0 Å². The third-order valence-corrected chi connectivity index (χ3v) is 6.16. The lowest BCUT2D eigenvalue weighted by Gasteiger charge is -2.34. The van der Waals surface area contributed by atoms with E-state index in [4.69, 9.17) is 0 Å². The molecule has 0 aliphatic rings. The highest BCUT2D eigenvalue weighted by Crippen LogP contribution is 2.29. The van der Waals surface area contributed by atoms with Gasteiger partial charge >= 0.3 is 0 Å². The Hall–Kier alpha value is -4.07.